The van der Waals surface area contributed by atoms with Gasteiger partial charge in [-0.2, -0.15) is 0 Å². The number of nitrogens with one attached hydrogen (secondary N) is 2. The van der Waals surface area contributed by atoms with Gasteiger partial charge in [0.15, 0.2) is 11.5 Å². The zero-order valence-electron chi connectivity index (χ0n) is 14.0. The van der Waals surface area contributed by atoms with Gasteiger partial charge in [-0.1, -0.05) is 0 Å². The molecule has 2 aliphatic rings. The topological polar surface area (TPSA) is 85.4 Å². The lowest BCUT2D eigenvalue weighted by Crippen LogP contribution is -2.12. The minimum atomic E-state index is -0.0729. The molecule has 134 valence electrons. The van der Waals surface area contributed by atoms with Crippen LogP contribution < -0.4 is 20.1 Å². The van der Waals surface area contributed by atoms with Gasteiger partial charge in [0.1, 0.15) is 0 Å². The van der Waals surface area contributed by atoms with Crippen LogP contribution in [0.2, 0.25) is 0 Å². The number of aromatic nitrogens is 2. The molecule has 2 N–H and O–H groups in total. The predicted octanol–water partition coefficient (Wildman–Crippen LogP) is 3.72. The van der Waals surface area contributed by atoms with Crippen LogP contribution in [-0.4, -0.2) is 22.7 Å². The van der Waals surface area contributed by atoms with E-state index in [0.717, 1.165) is 37.5 Å². The molecule has 2 aromatic carbocycles. The molecule has 0 bridgehead atoms. The molecule has 1 aromatic heterocycles. The van der Waals surface area contributed by atoms with E-state index in [2.05, 4.69) is 43.2 Å². The highest BCUT2D eigenvalue weighted by Gasteiger charge is 2.21. The van der Waals surface area contributed by atoms with Crippen molar-refractivity contribution in [1.82, 2.24) is 9.97 Å². The van der Waals surface area contributed by atoms with Gasteiger partial charge in [0.2, 0.25) is 18.6 Å². The summed E-state index contributed by atoms with van der Waals surface area (Å²) in [6, 6.07) is 11.4. The Morgan fingerprint density at radius 2 is 2.00 bits per heavy atom. The Morgan fingerprint density at radius 3 is 2.93 bits per heavy atom. The van der Waals surface area contributed by atoms with Crippen molar-refractivity contribution in [3.63, 3.8) is 0 Å². The van der Waals surface area contributed by atoms with Crippen LogP contribution in [-0.2, 0) is 11.2 Å². The molecule has 0 atom stereocenters. The molecule has 5 rings (SSSR count). The molecule has 0 saturated carbocycles. The van der Waals surface area contributed by atoms with E-state index in [1.54, 1.807) is 6.20 Å². The number of carbonyl (C=O) groups is 1. The van der Waals surface area contributed by atoms with E-state index < -0.39 is 0 Å². The van der Waals surface area contributed by atoms with E-state index in [9.17, 15) is 4.79 Å². The van der Waals surface area contributed by atoms with E-state index in [1.165, 1.54) is 0 Å². The number of carbonyl (C=O) groups excluding carboxylic acids is 1. The average Bonchev–Trinajstić information content (AvgIpc) is 3.07. The van der Waals surface area contributed by atoms with Crippen molar-refractivity contribution in [2.75, 3.05) is 17.4 Å². The minimum Gasteiger partial charge on any atom is -0.454 e. The van der Waals surface area contributed by atoms with Gasteiger partial charge in [-0.25, -0.2) is 9.97 Å². The van der Waals surface area contributed by atoms with Crippen molar-refractivity contribution >= 4 is 45.8 Å². The normalized spacial score (nSPS) is 14.0. The fraction of sp³-hybridized carbons (Fsp3) is 0.105. The lowest BCUT2D eigenvalue weighted by molar-refractivity contribution is -0.115. The van der Waals surface area contributed by atoms with Crippen LogP contribution in [0.1, 0.15) is 5.56 Å². The second-order valence-electron chi connectivity index (χ2n) is 6.18. The molecule has 0 unspecified atom stereocenters. The smallest absolute Gasteiger partial charge is 0.231 e. The SMILES string of the molecule is O=C1Cc2cnc(Nc3ccc4c(c3)OCO4)nc2-c2cc(I)ccc2N1. The second kappa shape index (κ2) is 6.38. The number of hydrogen-bond donors (Lipinski definition) is 2. The maximum absolute atomic E-state index is 12.2. The fourth-order valence-corrected chi connectivity index (χ4v) is 3.61. The van der Waals surface area contributed by atoms with Crippen LogP contribution in [0, 0.1) is 3.57 Å². The van der Waals surface area contributed by atoms with Crippen LogP contribution >= 0.6 is 22.6 Å². The molecular formula is C19H13IN4O3. The van der Waals surface area contributed by atoms with Gasteiger partial charge in [0, 0.05) is 32.6 Å². The van der Waals surface area contributed by atoms with Crippen LogP contribution in [0.25, 0.3) is 11.3 Å². The number of amides is 1. The first kappa shape index (κ1) is 16.3. The maximum atomic E-state index is 12.2. The number of ether oxygens (including phenoxy) is 2. The van der Waals surface area contributed by atoms with Crippen molar-refractivity contribution in [1.29, 1.82) is 0 Å². The van der Waals surface area contributed by atoms with Crippen molar-refractivity contribution in [2.24, 2.45) is 0 Å². The average molecular weight is 472 g/mol. The molecule has 3 aromatic rings. The zero-order valence-corrected chi connectivity index (χ0v) is 16.1. The summed E-state index contributed by atoms with van der Waals surface area (Å²) in [4.78, 5) is 21.2. The summed E-state index contributed by atoms with van der Waals surface area (Å²) in [5, 5.41) is 6.13. The second-order valence-corrected chi connectivity index (χ2v) is 7.42. The van der Waals surface area contributed by atoms with Gasteiger partial charge in [-0.3, -0.25) is 4.79 Å². The molecule has 3 heterocycles. The van der Waals surface area contributed by atoms with E-state index in [0.29, 0.717) is 11.7 Å². The minimum absolute atomic E-state index is 0.0729. The van der Waals surface area contributed by atoms with Crippen LogP contribution in [0.4, 0.5) is 17.3 Å². The monoisotopic (exact) mass is 472 g/mol. The van der Waals surface area contributed by atoms with Crippen LogP contribution in [0.5, 0.6) is 11.5 Å². The van der Waals surface area contributed by atoms with Crippen molar-refractivity contribution in [2.45, 2.75) is 6.42 Å². The highest BCUT2D eigenvalue weighted by atomic mass is 127. The number of anilines is 3. The largest absolute Gasteiger partial charge is 0.454 e. The molecule has 0 spiro atoms. The number of halogens is 1. The van der Waals surface area contributed by atoms with Crippen molar-refractivity contribution < 1.29 is 14.3 Å². The van der Waals surface area contributed by atoms with Crippen molar-refractivity contribution in [3.8, 4) is 22.8 Å². The molecule has 27 heavy (non-hydrogen) atoms. The van der Waals surface area contributed by atoms with Crippen LogP contribution in [0.15, 0.2) is 42.6 Å². The van der Waals surface area contributed by atoms with Gasteiger partial charge >= 0.3 is 0 Å². The number of hydrogen-bond acceptors (Lipinski definition) is 6. The molecule has 1 amide bonds. The Morgan fingerprint density at radius 1 is 1.11 bits per heavy atom. The first-order valence-corrected chi connectivity index (χ1v) is 9.36. The van der Waals surface area contributed by atoms with Gasteiger partial charge in [0.05, 0.1) is 17.8 Å². The Hall–Kier alpha value is -2.88. The number of rotatable bonds is 2. The lowest BCUT2D eigenvalue weighted by atomic mass is 10.1. The van der Waals surface area contributed by atoms with Gasteiger partial charge < -0.3 is 20.1 Å². The van der Waals surface area contributed by atoms with Crippen LogP contribution in [0.3, 0.4) is 0 Å². The highest BCUT2D eigenvalue weighted by molar-refractivity contribution is 14.1. The first-order chi connectivity index (χ1) is 13.2. The van der Waals surface area contributed by atoms with Gasteiger partial charge in [0.25, 0.3) is 0 Å². The number of fused-ring (bicyclic) bond motifs is 4. The number of nitrogens with zero attached hydrogens (tertiary/aromatic N) is 2. The third-order valence-corrected chi connectivity index (χ3v) is 5.03. The standard InChI is InChI=1S/C19H13IN4O3/c20-11-1-3-14-13(6-11)18-10(5-17(25)23-14)8-21-19(24-18)22-12-2-4-15-16(7-12)27-9-26-15/h1-4,6-8H,5,9H2,(H,23,25)(H,21,22,24). The summed E-state index contributed by atoms with van der Waals surface area (Å²) in [6.45, 7) is 0.227. The molecule has 7 nitrogen and oxygen atoms in total. The third-order valence-electron chi connectivity index (χ3n) is 4.36. The Bertz CT molecular complexity index is 1090. The maximum Gasteiger partial charge on any atom is 0.231 e. The predicted molar refractivity (Wildman–Crippen MR) is 108 cm³/mol. The van der Waals surface area contributed by atoms with Gasteiger partial charge in [-0.15, -0.1) is 0 Å². The van der Waals surface area contributed by atoms with E-state index in [-0.39, 0.29) is 19.1 Å². The van der Waals surface area contributed by atoms with Gasteiger partial charge in [-0.05, 0) is 52.9 Å². The van der Waals surface area contributed by atoms with E-state index in [1.807, 2.05) is 36.4 Å². The molecule has 2 aliphatic heterocycles. The molecule has 0 radical (unpaired) electrons. The summed E-state index contributed by atoms with van der Waals surface area (Å²) in [6.07, 6.45) is 1.94. The molecule has 0 aliphatic carbocycles. The first-order valence-electron chi connectivity index (χ1n) is 8.28. The third kappa shape index (κ3) is 3.05. The molecule has 0 fully saturated rings. The zero-order chi connectivity index (χ0) is 18.4. The Balaban J connectivity index is 1.55. The summed E-state index contributed by atoms with van der Waals surface area (Å²) in [7, 11) is 0. The Labute approximate surface area is 168 Å². The Kier molecular flexibility index (Phi) is 3.85. The molecular weight excluding hydrogens is 459 g/mol. The summed E-state index contributed by atoms with van der Waals surface area (Å²) < 4.78 is 11.8. The summed E-state index contributed by atoms with van der Waals surface area (Å²) in [5.41, 5.74) is 3.99. The van der Waals surface area contributed by atoms with E-state index >= 15 is 0 Å². The lowest BCUT2D eigenvalue weighted by Gasteiger charge is -2.11. The number of benzene rings is 2. The molecule has 0 saturated heterocycles. The fourth-order valence-electron chi connectivity index (χ4n) is 3.12. The van der Waals surface area contributed by atoms with Crippen molar-refractivity contribution in [3.05, 3.63) is 51.7 Å². The summed E-state index contributed by atoms with van der Waals surface area (Å²) >= 11 is 2.25. The highest BCUT2D eigenvalue weighted by Crippen LogP contribution is 2.36. The quantitative estimate of drug-likeness (QED) is 0.554. The molecule has 8 heteroatoms. The summed E-state index contributed by atoms with van der Waals surface area (Å²) in [5.74, 6) is 1.78. The van der Waals surface area contributed by atoms with E-state index in [4.69, 9.17) is 9.47 Å².